The number of ketones is 1. The number of anilines is 1. The fourth-order valence-electron chi connectivity index (χ4n) is 3.80. The maximum atomic E-state index is 13.2. The van der Waals surface area contributed by atoms with Gasteiger partial charge in [0, 0.05) is 16.6 Å². The van der Waals surface area contributed by atoms with E-state index in [2.05, 4.69) is 0 Å². The lowest BCUT2D eigenvalue weighted by atomic mass is 9.99. The summed E-state index contributed by atoms with van der Waals surface area (Å²) in [5.41, 5.74) is 0.173. The largest absolute Gasteiger partial charge is 0.507 e. The van der Waals surface area contributed by atoms with Gasteiger partial charge in [-0.05, 0) is 41.8 Å². The molecule has 3 aromatic rings. The molecule has 1 unspecified atom stereocenters. The molecule has 182 valence electrons. The molecule has 1 amide bonds. The van der Waals surface area contributed by atoms with Crippen molar-refractivity contribution in [2.45, 2.75) is 10.9 Å². The Morgan fingerprint density at radius 2 is 1.74 bits per heavy atom. The minimum Gasteiger partial charge on any atom is -0.507 e. The number of sulfonamides is 1. The predicted molar refractivity (Wildman–Crippen MR) is 131 cm³/mol. The van der Waals surface area contributed by atoms with Crippen molar-refractivity contribution in [3.05, 3.63) is 74.9 Å². The molecule has 0 spiro atoms. The Labute approximate surface area is 210 Å². The van der Waals surface area contributed by atoms with Gasteiger partial charge in [-0.2, -0.15) is 0 Å². The average Bonchev–Trinajstić information content (AvgIpc) is 3.45. The number of hydrogen-bond donors (Lipinski definition) is 2. The molecule has 0 bridgehead atoms. The van der Waals surface area contributed by atoms with Crippen LogP contribution in [0.25, 0.3) is 5.76 Å². The quantitative estimate of drug-likeness (QED) is 0.279. The molecule has 3 N–H and O–H groups in total. The number of primary sulfonamides is 1. The van der Waals surface area contributed by atoms with Crippen molar-refractivity contribution in [2.75, 3.05) is 19.1 Å². The number of carbonyl (C=O) groups is 2. The van der Waals surface area contributed by atoms with Gasteiger partial charge in [-0.25, -0.2) is 13.6 Å². The van der Waals surface area contributed by atoms with Crippen molar-refractivity contribution in [3.63, 3.8) is 0 Å². The number of aliphatic hydroxyl groups excluding tert-OH is 1. The van der Waals surface area contributed by atoms with Crippen LogP contribution in [0.1, 0.15) is 16.5 Å². The molecule has 35 heavy (non-hydrogen) atoms. The van der Waals surface area contributed by atoms with E-state index in [0.717, 1.165) is 0 Å². The first-order valence-corrected chi connectivity index (χ1v) is 12.8. The van der Waals surface area contributed by atoms with Crippen molar-refractivity contribution in [1.29, 1.82) is 0 Å². The topological polar surface area (TPSA) is 136 Å². The molecule has 1 atom stereocenters. The first kappa shape index (κ1) is 24.7. The number of aliphatic hydroxyl groups is 1. The normalized spacial score (nSPS) is 17.6. The van der Waals surface area contributed by atoms with Gasteiger partial charge in [0.1, 0.15) is 23.3 Å². The van der Waals surface area contributed by atoms with Crippen LogP contribution in [0, 0.1) is 0 Å². The maximum Gasteiger partial charge on any atom is 0.300 e. The van der Waals surface area contributed by atoms with Gasteiger partial charge in [0.2, 0.25) is 10.0 Å². The Morgan fingerprint density at radius 3 is 2.29 bits per heavy atom. The molecular formula is C23H19ClN2O7S2. The maximum absolute atomic E-state index is 13.2. The molecule has 1 fully saturated rings. The summed E-state index contributed by atoms with van der Waals surface area (Å²) in [6.45, 7) is 0. The van der Waals surface area contributed by atoms with Gasteiger partial charge in [-0.3, -0.25) is 14.5 Å². The number of nitrogens with zero attached hydrogens (tertiary/aromatic N) is 1. The lowest BCUT2D eigenvalue weighted by molar-refractivity contribution is -0.132. The highest BCUT2D eigenvalue weighted by molar-refractivity contribution is 7.89. The highest BCUT2D eigenvalue weighted by Gasteiger charge is 2.47. The molecule has 9 nitrogen and oxygen atoms in total. The third-order valence-corrected chi connectivity index (χ3v) is 7.58. The number of thiophene rings is 1. The molecule has 1 aliphatic heterocycles. The van der Waals surface area contributed by atoms with Crippen molar-refractivity contribution in [2.24, 2.45) is 5.14 Å². The van der Waals surface area contributed by atoms with E-state index in [1.807, 2.05) is 0 Å². The van der Waals surface area contributed by atoms with Gasteiger partial charge < -0.3 is 14.6 Å². The molecule has 0 radical (unpaired) electrons. The Balaban J connectivity index is 1.93. The van der Waals surface area contributed by atoms with Gasteiger partial charge >= 0.3 is 0 Å². The number of carbonyl (C=O) groups excluding carboxylic acids is 2. The van der Waals surface area contributed by atoms with Gasteiger partial charge in [0.05, 0.1) is 35.3 Å². The molecule has 1 saturated heterocycles. The summed E-state index contributed by atoms with van der Waals surface area (Å²) in [5.74, 6) is -1.83. The number of methoxy groups -OCH3 is 2. The Morgan fingerprint density at radius 1 is 1.09 bits per heavy atom. The first-order chi connectivity index (χ1) is 16.6. The average molecular weight is 535 g/mol. The monoisotopic (exact) mass is 534 g/mol. The van der Waals surface area contributed by atoms with Crippen LogP contribution in [0.2, 0.25) is 5.02 Å². The van der Waals surface area contributed by atoms with Gasteiger partial charge in [-0.15, -0.1) is 11.3 Å². The summed E-state index contributed by atoms with van der Waals surface area (Å²) >= 11 is 7.53. The number of Topliss-reactive ketones (excluding diaryl/α,β-unsaturated/α-hetero) is 1. The number of amides is 1. The third kappa shape index (κ3) is 4.39. The molecule has 0 saturated carbocycles. The van der Waals surface area contributed by atoms with Crippen LogP contribution in [0.15, 0.2) is 64.4 Å². The molecule has 1 aromatic heterocycles. The summed E-state index contributed by atoms with van der Waals surface area (Å²) in [5, 5.41) is 18.4. The number of rotatable bonds is 6. The Kier molecular flexibility index (Phi) is 6.60. The van der Waals surface area contributed by atoms with Crippen LogP contribution in [-0.2, 0) is 19.6 Å². The highest BCUT2D eigenvalue weighted by Crippen LogP contribution is 2.45. The van der Waals surface area contributed by atoms with Crippen molar-refractivity contribution < 1.29 is 32.6 Å². The van der Waals surface area contributed by atoms with Crippen LogP contribution in [0.4, 0.5) is 5.69 Å². The zero-order chi connectivity index (χ0) is 25.5. The highest BCUT2D eigenvalue weighted by atomic mass is 35.5. The van der Waals surface area contributed by atoms with Crippen molar-refractivity contribution in [3.8, 4) is 11.5 Å². The first-order valence-electron chi connectivity index (χ1n) is 9.97. The SMILES string of the molecule is COc1cc(OC)c(/C(O)=C2/C(=O)C(=O)N(c3ccc(S(N)(=O)=O)cc3)C2c2cccs2)cc1Cl. The zero-order valence-corrected chi connectivity index (χ0v) is 20.8. The van der Waals surface area contributed by atoms with E-state index in [1.54, 1.807) is 17.5 Å². The van der Waals surface area contributed by atoms with E-state index in [9.17, 15) is 23.1 Å². The number of nitrogens with two attached hydrogens (primary N) is 1. The molecule has 4 rings (SSSR count). The summed E-state index contributed by atoms with van der Waals surface area (Å²) in [4.78, 5) is 28.0. The van der Waals surface area contributed by atoms with E-state index in [-0.39, 0.29) is 32.5 Å². The molecule has 1 aliphatic rings. The van der Waals surface area contributed by atoms with Crippen molar-refractivity contribution in [1.82, 2.24) is 0 Å². The van der Waals surface area contributed by atoms with E-state index >= 15 is 0 Å². The molecule has 0 aliphatic carbocycles. The van der Waals surface area contributed by atoms with Crippen LogP contribution >= 0.6 is 22.9 Å². The van der Waals surface area contributed by atoms with Crippen LogP contribution in [0.5, 0.6) is 11.5 Å². The Bertz CT molecular complexity index is 1450. The lowest BCUT2D eigenvalue weighted by Gasteiger charge is -2.24. The number of halogens is 1. The fraction of sp³-hybridized carbons (Fsp3) is 0.130. The van der Waals surface area contributed by atoms with Gasteiger partial charge in [-0.1, -0.05) is 17.7 Å². The summed E-state index contributed by atoms with van der Waals surface area (Å²) in [7, 11) is -1.16. The number of hydrogen-bond acceptors (Lipinski definition) is 8. The van der Waals surface area contributed by atoms with Crippen LogP contribution < -0.4 is 19.5 Å². The standard InChI is InChI=1S/C23H19ClN2O7S2/c1-32-16-11-17(33-2)15(24)10-14(16)21(27)19-20(18-4-3-9-34-18)26(23(29)22(19)28)12-5-7-13(8-6-12)35(25,30)31/h3-11,20,27H,1-2H3,(H2,25,30,31)/b21-19-. The molecule has 2 aromatic carbocycles. The number of benzene rings is 2. The molecule has 12 heteroatoms. The predicted octanol–water partition coefficient (Wildman–Crippen LogP) is 3.69. The Hall–Kier alpha value is -3.38. The van der Waals surface area contributed by atoms with Gasteiger partial charge in [0.15, 0.2) is 0 Å². The lowest BCUT2D eigenvalue weighted by Crippen LogP contribution is -2.29. The summed E-state index contributed by atoms with van der Waals surface area (Å²) in [6, 6.07) is 10.5. The van der Waals surface area contributed by atoms with Crippen LogP contribution in [0.3, 0.4) is 0 Å². The second-order valence-corrected chi connectivity index (χ2v) is 10.4. The minimum absolute atomic E-state index is 0.0995. The van der Waals surface area contributed by atoms with Crippen LogP contribution in [-0.4, -0.2) is 39.4 Å². The zero-order valence-electron chi connectivity index (χ0n) is 18.4. The van der Waals surface area contributed by atoms with E-state index in [4.69, 9.17) is 26.2 Å². The molecule has 2 heterocycles. The summed E-state index contributed by atoms with van der Waals surface area (Å²) in [6.07, 6.45) is 0. The minimum atomic E-state index is -3.96. The second kappa shape index (κ2) is 9.34. The summed E-state index contributed by atoms with van der Waals surface area (Å²) < 4.78 is 33.8. The van der Waals surface area contributed by atoms with Gasteiger partial charge in [0.25, 0.3) is 11.7 Å². The van der Waals surface area contributed by atoms with E-state index < -0.39 is 33.5 Å². The smallest absolute Gasteiger partial charge is 0.300 e. The third-order valence-electron chi connectivity index (χ3n) is 5.43. The van der Waals surface area contributed by atoms with E-state index in [1.165, 1.54) is 66.9 Å². The fourth-order valence-corrected chi connectivity index (χ4v) is 5.38. The number of ether oxygens (including phenoxy) is 2. The second-order valence-electron chi connectivity index (χ2n) is 7.41. The van der Waals surface area contributed by atoms with E-state index in [0.29, 0.717) is 10.6 Å². The van der Waals surface area contributed by atoms with Crippen molar-refractivity contribution >= 4 is 56.1 Å². The molecular weight excluding hydrogens is 516 g/mol.